The third-order valence-corrected chi connectivity index (χ3v) is 2.67. The van der Waals surface area contributed by atoms with E-state index in [9.17, 15) is 13.2 Å². The number of ether oxygens (including phenoxy) is 1. The van der Waals surface area contributed by atoms with Gasteiger partial charge in [0.1, 0.15) is 5.75 Å². The molecule has 0 aliphatic heterocycles. The number of halogens is 1. The van der Waals surface area contributed by atoms with Gasteiger partial charge in [-0.15, -0.1) is 0 Å². The predicted octanol–water partition coefficient (Wildman–Crippen LogP) is 1.08. The molecule has 0 amide bonds. The van der Waals surface area contributed by atoms with Crippen LogP contribution < -0.4 is 4.74 Å². The van der Waals surface area contributed by atoms with Gasteiger partial charge >= 0.3 is 5.97 Å². The van der Waals surface area contributed by atoms with Crippen molar-refractivity contribution in [2.45, 2.75) is 0 Å². The van der Waals surface area contributed by atoms with Crippen molar-refractivity contribution in [2.24, 2.45) is 0 Å². The summed E-state index contributed by atoms with van der Waals surface area (Å²) in [5.41, 5.74) is 0. The van der Waals surface area contributed by atoms with Crippen molar-refractivity contribution in [3.8, 4) is 5.75 Å². The molecule has 0 fully saturated rings. The molecule has 0 bridgehead atoms. The van der Waals surface area contributed by atoms with E-state index in [2.05, 4.69) is 27.3 Å². The normalized spacial score (nSPS) is 11.1. The number of benzene rings is 1. The molecular formula is C8H7IO5S. The fraction of sp³-hybridized carbons (Fsp3) is 0.125. The highest BCUT2D eigenvalue weighted by atomic mass is 127. The Morgan fingerprint density at radius 2 is 1.87 bits per heavy atom. The maximum absolute atomic E-state index is 10.9. The first-order valence-electron chi connectivity index (χ1n) is 3.78. The van der Waals surface area contributed by atoms with Crippen LogP contribution in [-0.4, -0.2) is 24.7 Å². The van der Waals surface area contributed by atoms with Crippen LogP contribution in [0.5, 0.6) is 5.75 Å². The van der Waals surface area contributed by atoms with Gasteiger partial charge < -0.3 is 4.74 Å². The van der Waals surface area contributed by atoms with E-state index in [4.69, 9.17) is 4.55 Å². The molecule has 7 heteroatoms. The van der Waals surface area contributed by atoms with E-state index < -0.39 is 21.8 Å². The van der Waals surface area contributed by atoms with E-state index in [-0.39, 0.29) is 5.75 Å². The summed E-state index contributed by atoms with van der Waals surface area (Å²) < 4.78 is 34.7. The van der Waals surface area contributed by atoms with Crippen LogP contribution in [0, 0.1) is 3.57 Å². The molecule has 1 rings (SSSR count). The second-order valence-electron chi connectivity index (χ2n) is 2.65. The minimum absolute atomic E-state index is 0.240. The molecule has 0 atom stereocenters. The number of hydrogen-bond donors (Lipinski definition) is 1. The van der Waals surface area contributed by atoms with Gasteiger partial charge in [-0.3, -0.25) is 9.35 Å². The highest BCUT2D eigenvalue weighted by Gasteiger charge is 2.14. The summed E-state index contributed by atoms with van der Waals surface area (Å²) in [7, 11) is -4.33. The number of esters is 1. The first-order valence-corrected chi connectivity index (χ1v) is 6.47. The monoisotopic (exact) mass is 342 g/mol. The summed E-state index contributed by atoms with van der Waals surface area (Å²) in [5.74, 6) is -1.82. The van der Waals surface area contributed by atoms with E-state index in [0.29, 0.717) is 0 Å². The fourth-order valence-corrected chi connectivity index (χ4v) is 1.53. The van der Waals surface area contributed by atoms with Gasteiger partial charge in [-0.05, 0) is 46.9 Å². The summed E-state index contributed by atoms with van der Waals surface area (Å²) >= 11 is 2.08. The van der Waals surface area contributed by atoms with E-state index in [1.807, 2.05) is 0 Å². The van der Waals surface area contributed by atoms with Crippen LogP contribution in [0.25, 0.3) is 0 Å². The highest BCUT2D eigenvalue weighted by Crippen LogP contribution is 2.13. The Hall–Kier alpha value is -0.670. The molecule has 0 spiro atoms. The summed E-state index contributed by atoms with van der Waals surface area (Å²) in [4.78, 5) is 10.9. The van der Waals surface area contributed by atoms with Gasteiger partial charge in [0, 0.05) is 3.57 Å². The second kappa shape index (κ2) is 4.90. The Bertz CT molecular complexity index is 450. The molecular weight excluding hydrogens is 335 g/mol. The Morgan fingerprint density at radius 1 is 1.33 bits per heavy atom. The Labute approximate surface area is 100 Å². The lowest BCUT2D eigenvalue weighted by atomic mass is 10.3. The molecule has 0 saturated heterocycles. The van der Waals surface area contributed by atoms with Gasteiger partial charge in [-0.25, -0.2) is 0 Å². The average molecular weight is 342 g/mol. The molecule has 82 valence electrons. The van der Waals surface area contributed by atoms with Gasteiger partial charge in [0.15, 0.2) is 5.75 Å². The summed E-state index contributed by atoms with van der Waals surface area (Å²) in [6, 6.07) is 6.47. The highest BCUT2D eigenvalue weighted by molar-refractivity contribution is 14.1. The van der Waals surface area contributed by atoms with Gasteiger partial charge in [-0.2, -0.15) is 8.42 Å². The smallest absolute Gasteiger partial charge is 0.329 e. The van der Waals surface area contributed by atoms with Gasteiger partial charge in [0.2, 0.25) is 0 Å². The molecule has 15 heavy (non-hydrogen) atoms. The number of rotatable bonds is 3. The third kappa shape index (κ3) is 5.09. The Balaban J connectivity index is 2.63. The standard InChI is InChI=1S/C8H7IO5S/c9-6-1-3-7(4-2-6)14-8(10)5-15(11,12)13/h1-4H,5H2,(H,11,12,13). The van der Waals surface area contributed by atoms with Crippen LogP contribution in [0.15, 0.2) is 24.3 Å². The quantitative estimate of drug-likeness (QED) is 0.385. The molecule has 0 heterocycles. The molecule has 0 unspecified atom stereocenters. The summed E-state index contributed by atoms with van der Waals surface area (Å²) in [6.45, 7) is 0. The SMILES string of the molecule is O=C(CS(=O)(=O)O)Oc1ccc(I)cc1. The van der Waals surface area contributed by atoms with E-state index in [0.717, 1.165) is 3.57 Å². The van der Waals surface area contributed by atoms with Crippen LogP contribution in [0.1, 0.15) is 0 Å². The van der Waals surface area contributed by atoms with Crippen molar-refractivity contribution in [3.05, 3.63) is 27.8 Å². The average Bonchev–Trinajstić information content (AvgIpc) is 2.05. The van der Waals surface area contributed by atoms with Crippen molar-refractivity contribution < 1.29 is 22.5 Å². The van der Waals surface area contributed by atoms with Gasteiger partial charge in [0.25, 0.3) is 10.1 Å². The number of hydrogen-bond acceptors (Lipinski definition) is 4. The molecule has 0 saturated carbocycles. The van der Waals surface area contributed by atoms with E-state index >= 15 is 0 Å². The zero-order chi connectivity index (χ0) is 11.5. The predicted molar refractivity (Wildman–Crippen MR) is 61.2 cm³/mol. The van der Waals surface area contributed by atoms with Crippen molar-refractivity contribution in [1.29, 1.82) is 0 Å². The van der Waals surface area contributed by atoms with Crippen LogP contribution >= 0.6 is 22.6 Å². The lowest BCUT2D eigenvalue weighted by Crippen LogP contribution is -2.20. The maximum atomic E-state index is 10.9. The maximum Gasteiger partial charge on any atom is 0.329 e. The first-order chi connectivity index (χ1) is 6.87. The minimum Gasteiger partial charge on any atom is -0.426 e. The van der Waals surface area contributed by atoms with Crippen molar-refractivity contribution in [2.75, 3.05) is 5.75 Å². The zero-order valence-corrected chi connectivity index (χ0v) is 10.4. The van der Waals surface area contributed by atoms with Gasteiger partial charge in [0.05, 0.1) is 0 Å². The van der Waals surface area contributed by atoms with Crippen molar-refractivity contribution in [3.63, 3.8) is 0 Å². The van der Waals surface area contributed by atoms with Crippen LogP contribution in [0.3, 0.4) is 0 Å². The lowest BCUT2D eigenvalue weighted by molar-refractivity contribution is -0.131. The zero-order valence-electron chi connectivity index (χ0n) is 7.38. The van der Waals surface area contributed by atoms with Gasteiger partial charge in [-0.1, -0.05) is 0 Å². The number of carbonyl (C=O) groups excluding carboxylic acids is 1. The molecule has 1 aromatic carbocycles. The molecule has 1 N–H and O–H groups in total. The third-order valence-electron chi connectivity index (χ3n) is 1.35. The molecule has 0 aromatic heterocycles. The van der Waals surface area contributed by atoms with Crippen molar-refractivity contribution >= 4 is 38.7 Å². The lowest BCUT2D eigenvalue weighted by Gasteiger charge is -2.02. The van der Waals surface area contributed by atoms with E-state index in [1.54, 1.807) is 12.1 Å². The van der Waals surface area contributed by atoms with Crippen LogP contribution in [-0.2, 0) is 14.9 Å². The van der Waals surface area contributed by atoms with Crippen LogP contribution in [0.2, 0.25) is 0 Å². The second-order valence-corrected chi connectivity index (χ2v) is 5.35. The summed E-state index contributed by atoms with van der Waals surface area (Å²) in [5, 5.41) is 0. The Kier molecular flexibility index (Phi) is 4.05. The minimum atomic E-state index is -4.33. The topological polar surface area (TPSA) is 80.7 Å². The molecule has 0 aliphatic carbocycles. The number of carbonyl (C=O) groups is 1. The fourth-order valence-electron chi connectivity index (χ4n) is 0.812. The summed E-state index contributed by atoms with van der Waals surface area (Å²) in [6.07, 6.45) is 0. The van der Waals surface area contributed by atoms with E-state index in [1.165, 1.54) is 12.1 Å². The molecule has 0 aliphatic rings. The first kappa shape index (κ1) is 12.4. The van der Waals surface area contributed by atoms with Crippen molar-refractivity contribution in [1.82, 2.24) is 0 Å². The molecule has 5 nitrogen and oxygen atoms in total. The van der Waals surface area contributed by atoms with Crippen LogP contribution in [0.4, 0.5) is 0 Å². The molecule has 1 aromatic rings. The Morgan fingerprint density at radius 3 is 2.33 bits per heavy atom. The molecule has 0 radical (unpaired) electrons. The largest absolute Gasteiger partial charge is 0.426 e.